The third kappa shape index (κ3) is 6.17. The molecule has 6 nitrogen and oxygen atoms in total. The Morgan fingerprint density at radius 3 is 2.25 bits per heavy atom. The minimum Gasteiger partial charge on any atom is -0.465 e. The first-order chi connectivity index (χ1) is 10.9. The number of ether oxygens (including phenoxy) is 2. The molecule has 10 heteroatoms. The van der Waals surface area contributed by atoms with Gasteiger partial charge in [-0.05, 0) is 11.8 Å². The van der Waals surface area contributed by atoms with E-state index in [2.05, 4.69) is 5.32 Å². The fourth-order valence-corrected chi connectivity index (χ4v) is 4.16. The molecule has 1 fully saturated rings. The molecule has 0 bridgehead atoms. The minimum absolute atomic E-state index is 0.00360. The van der Waals surface area contributed by atoms with Crippen LogP contribution in [0.15, 0.2) is 0 Å². The Hall–Kier alpha value is -0.370. The highest BCUT2D eigenvalue weighted by atomic mass is 35.6. The summed E-state index contributed by atoms with van der Waals surface area (Å²) in [7, 11) is 0. The Morgan fingerprint density at radius 1 is 1.21 bits per heavy atom. The maximum atomic E-state index is 11.5. The van der Waals surface area contributed by atoms with Crippen LogP contribution in [0.1, 0.15) is 27.7 Å². The number of alkyl halides is 3. The molecule has 1 aliphatic rings. The smallest absolute Gasteiger partial charge is 0.302 e. The summed E-state index contributed by atoms with van der Waals surface area (Å²) < 4.78 is 8.64. The van der Waals surface area contributed by atoms with Crippen molar-refractivity contribution in [2.45, 2.75) is 48.2 Å². The summed E-state index contributed by atoms with van der Waals surface area (Å²) in [5, 5.41) is 10.5. The van der Waals surface area contributed by atoms with Crippen molar-refractivity contribution in [2.24, 2.45) is 11.8 Å². The molecule has 1 amide bonds. The van der Waals surface area contributed by atoms with Crippen LogP contribution < -0.4 is 5.32 Å². The van der Waals surface area contributed by atoms with Gasteiger partial charge in [-0.2, -0.15) is 0 Å². The third-order valence-electron chi connectivity index (χ3n) is 3.90. The van der Waals surface area contributed by atoms with E-state index < -0.39 is 15.1 Å². The van der Waals surface area contributed by atoms with Gasteiger partial charge < -0.3 is 14.8 Å². The van der Waals surface area contributed by atoms with Gasteiger partial charge in [0.15, 0.2) is 5.44 Å². The number of halogens is 3. The highest BCUT2D eigenvalue weighted by Crippen LogP contribution is 2.42. The molecule has 1 heterocycles. The maximum absolute atomic E-state index is 11.5. The number of thioether (sulfide) groups is 1. The quantitative estimate of drug-likeness (QED) is 0.316. The number of carbonyl (C=O) groups excluding carboxylic acids is 2. The molecule has 0 aromatic rings. The molecule has 24 heavy (non-hydrogen) atoms. The zero-order chi connectivity index (χ0) is 18.7. The maximum Gasteiger partial charge on any atom is 0.302 e. The molecular weight excluding hydrogens is 399 g/mol. The third-order valence-corrected chi connectivity index (χ3v) is 5.98. The number of amides is 1. The van der Waals surface area contributed by atoms with Crippen molar-refractivity contribution in [3.05, 3.63) is 0 Å². The second-order valence-corrected chi connectivity index (χ2v) is 9.36. The van der Waals surface area contributed by atoms with Gasteiger partial charge in [-0.15, -0.1) is 11.8 Å². The Balaban J connectivity index is 2.95. The lowest BCUT2D eigenvalue weighted by Gasteiger charge is -2.44. The van der Waals surface area contributed by atoms with Crippen molar-refractivity contribution < 1.29 is 19.1 Å². The van der Waals surface area contributed by atoms with Crippen LogP contribution in [-0.2, 0) is 19.1 Å². The van der Waals surface area contributed by atoms with Crippen molar-refractivity contribution in [2.75, 3.05) is 6.61 Å². The predicted molar refractivity (Wildman–Crippen MR) is 96.8 cm³/mol. The van der Waals surface area contributed by atoms with Crippen LogP contribution in [0, 0.1) is 17.2 Å². The van der Waals surface area contributed by atoms with Gasteiger partial charge in [0, 0.05) is 19.1 Å². The summed E-state index contributed by atoms with van der Waals surface area (Å²) in [6, 6.07) is -0.372. The SMILES string of the molecule is CC(=O)NC1[C@@H](C)[C@H](C)C(COC(C)=O)S[C@@H]1OC(=N)C(Cl)(Cl)Cl. The Bertz CT molecular complexity index is 499. The van der Waals surface area contributed by atoms with E-state index in [-0.39, 0.29) is 41.6 Å². The van der Waals surface area contributed by atoms with E-state index in [1.807, 2.05) is 13.8 Å². The number of esters is 1. The average molecular weight is 420 g/mol. The highest BCUT2D eigenvalue weighted by molar-refractivity contribution is 8.00. The molecule has 1 rings (SSSR count). The molecule has 1 aliphatic heterocycles. The lowest BCUT2D eigenvalue weighted by Crippen LogP contribution is -2.55. The Labute approximate surface area is 160 Å². The minimum atomic E-state index is -1.99. The summed E-state index contributed by atoms with van der Waals surface area (Å²) in [5.74, 6) is -0.969. The number of hydrogen-bond donors (Lipinski definition) is 2. The number of hydrogen-bond acceptors (Lipinski definition) is 6. The molecule has 138 valence electrons. The summed E-state index contributed by atoms with van der Waals surface area (Å²) in [6.07, 6.45) is 0. The molecule has 0 saturated carbocycles. The second kappa shape index (κ2) is 8.83. The largest absolute Gasteiger partial charge is 0.465 e. The van der Waals surface area contributed by atoms with E-state index in [4.69, 9.17) is 49.7 Å². The van der Waals surface area contributed by atoms with Gasteiger partial charge in [0.1, 0.15) is 6.61 Å². The van der Waals surface area contributed by atoms with E-state index >= 15 is 0 Å². The lowest BCUT2D eigenvalue weighted by atomic mass is 9.86. The summed E-state index contributed by atoms with van der Waals surface area (Å²) in [4.78, 5) is 22.6. The fraction of sp³-hybridized carbons (Fsp3) is 0.786. The number of nitrogens with one attached hydrogen (secondary N) is 2. The molecule has 0 aromatic carbocycles. The topological polar surface area (TPSA) is 88.5 Å². The summed E-state index contributed by atoms with van der Waals surface area (Å²) in [5.41, 5.74) is -0.635. The van der Waals surface area contributed by atoms with E-state index in [0.717, 1.165) is 0 Å². The molecule has 0 spiro atoms. The molecule has 0 aliphatic carbocycles. The standard InChI is InChI=1S/C14H21Cl3N2O4S/c1-6-7(2)11(19-8(3)20)12(23-13(18)14(15,16)17)24-10(6)5-22-9(4)21/h6-7,10-12,18H,5H2,1-4H3,(H,19,20)/t6-,7-,10?,11?,12-/m0/s1. The van der Waals surface area contributed by atoms with Crippen LogP contribution in [-0.4, -0.2) is 44.9 Å². The van der Waals surface area contributed by atoms with E-state index in [9.17, 15) is 9.59 Å². The van der Waals surface area contributed by atoms with Gasteiger partial charge in [-0.3, -0.25) is 15.0 Å². The van der Waals surface area contributed by atoms with Crippen LogP contribution >= 0.6 is 46.6 Å². The van der Waals surface area contributed by atoms with Crippen LogP contribution in [0.4, 0.5) is 0 Å². The average Bonchev–Trinajstić information content (AvgIpc) is 2.43. The lowest BCUT2D eigenvalue weighted by molar-refractivity contribution is -0.141. The fourth-order valence-electron chi connectivity index (χ4n) is 2.40. The van der Waals surface area contributed by atoms with Crippen LogP contribution in [0.2, 0.25) is 0 Å². The first kappa shape index (κ1) is 21.7. The zero-order valence-corrected chi connectivity index (χ0v) is 16.9. The molecular formula is C14H21Cl3N2O4S. The molecule has 0 radical (unpaired) electrons. The predicted octanol–water partition coefficient (Wildman–Crippen LogP) is 3.13. The van der Waals surface area contributed by atoms with Gasteiger partial charge in [0.05, 0.1) is 6.04 Å². The van der Waals surface area contributed by atoms with Gasteiger partial charge in [0.2, 0.25) is 11.8 Å². The Kier molecular flexibility index (Phi) is 7.97. The second-order valence-electron chi connectivity index (χ2n) is 5.73. The van der Waals surface area contributed by atoms with Crippen LogP contribution in [0.25, 0.3) is 0 Å². The Morgan fingerprint density at radius 2 is 1.79 bits per heavy atom. The number of carbonyl (C=O) groups is 2. The highest BCUT2D eigenvalue weighted by Gasteiger charge is 2.45. The molecule has 0 aromatic heterocycles. The molecule has 5 atom stereocenters. The first-order valence-corrected chi connectivity index (χ1v) is 9.39. The van der Waals surface area contributed by atoms with Gasteiger partial charge in [-0.25, -0.2) is 0 Å². The van der Waals surface area contributed by atoms with E-state index in [1.54, 1.807) is 0 Å². The van der Waals surface area contributed by atoms with Gasteiger partial charge >= 0.3 is 5.97 Å². The van der Waals surface area contributed by atoms with Gasteiger partial charge in [0.25, 0.3) is 3.79 Å². The summed E-state index contributed by atoms with van der Waals surface area (Å²) in [6.45, 7) is 6.93. The van der Waals surface area contributed by atoms with Crippen molar-refractivity contribution in [1.29, 1.82) is 5.41 Å². The molecule has 2 unspecified atom stereocenters. The number of rotatable bonds is 4. The van der Waals surface area contributed by atoms with Crippen molar-refractivity contribution >= 4 is 64.3 Å². The van der Waals surface area contributed by atoms with Crippen LogP contribution in [0.5, 0.6) is 0 Å². The van der Waals surface area contributed by atoms with Crippen molar-refractivity contribution in [3.8, 4) is 0 Å². The molecule has 2 N–H and O–H groups in total. The normalized spacial score (nSPS) is 30.4. The van der Waals surface area contributed by atoms with E-state index in [0.29, 0.717) is 0 Å². The van der Waals surface area contributed by atoms with Gasteiger partial charge in [-0.1, -0.05) is 48.7 Å². The first-order valence-electron chi connectivity index (χ1n) is 7.31. The monoisotopic (exact) mass is 418 g/mol. The van der Waals surface area contributed by atoms with Crippen LogP contribution in [0.3, 0.4) is 0 Å². The molecule has 1 saturated heterocycles. The zero-order valence-electron chi connectivity index (χ0n) is 13.8. The van der Waals surface area contributed by atoms with E-state index in [1.165, 1.54) is 25.6 Å². The van der Waals surface area contributed by atoms with Crippen molar-refractivity contribution in [1.82, 2.24) is 5.32 Å². The summed E-state index contributed by atoms with van der Waals surface area (Å²) >= 11 is 18.4. The van der Waals surface area contributed by atoms with Crippen molar-refractivity contribution in [3.63, 3.8) is 0 Å².